The van der Waals surface area contributed by atoms with Crippen molar-refractivity contribution in [1.82, 2.24) is 0 Å². The highest BCUT2D eigenvalue weighted by Crippen LogP contribution is 2.33. The number of carbonyl (C=O) groups is 1. The summed E-state index contributed by atoms with van der Waals surface area (Å²) in [6, 6.07) is 12.3. The second-order valence-electron chi connectivity index (χ2n) is 4.88. The first-order chi connectivity index (χ1) is 9.65. The van der Waals surface area contributed by atoms with Crippen LogP contribution >= 0.6 is 0 Å². The third kappa shape index (κ3) is 2.18. The molecule has 3 nitrogen and oxygen atoms in total. The summed E-state index contributed by atoms with van der Waals surface area (Å²) in [5, 5.41) is 18.7. The number of phenolic OH excluding ortho intramolecular Hbond substituents is 1. The van der Waals surface area contributed by atoms with E-state index in [0.717, 1.165) is 35.1 Å². The molecule has 100 valence electrons. The van der Waals surface area contributed by atoms with Gasteiger partial charge in [-0.2, -0.15) is 0 Å². The predicted octanol–water partition coefficient (Wildman–Crippen LogP) is 3.47. The Labute approximate surface area is 116 Å². The van der Waals surface area contributed by atoms with Crippen LogP contribution in [0.4, 0.5) is 0 Å². The van der Waals surface area contributed by atoms with Gasteiger partial charge < -0.3 is 10.2 Å². The molecule has 0 saturated carbocycles. The second-order valence-corrected chi connectivity index (χ2v) is 4.88. The number of allylic oxidation sites excluding steroid dienone is 1. The minimum Gasteiger partial charge on any atom is -0.508 e. The number of phenols is 1. The highest BCUT2D eigenvalue weighted by molar-refractivity contribution is 5.91. The minimum atomic E-state index is -0.923. The zero-order chi connectivity index (χ0) is 14.1. The van der Waals surface area contributed by atoms with Gasteiger partial charge in [-0.1, -0.05) is 24.3 Å². The summed E-state index contributed by atoms with van der Waals surface area (Å²) in [5.74, 6) is -0.710. The van der Waals surface area contributed by atoms with Crippen molar-refractivity contribution in [2.45, 2.75) is 12.8 Å². The van der Waals surface area contributed by atoms with Gasteiger partial charge in [0.15, 0.2) is 0 Å². The minimum absolute atomic E-state index is 0.213. The largest absolute Gasteiger partial charge is 0.508 e. The molecule has 0 bridgehead atoms. The van der Waals surface area contributed by atoms with Crippen LogP contribution in [0, 0.1) is 0 Å². The summed E-state index contributed by atoms with van der Waals surface area (Å²) in [7, 11) is 0. The van der Waals surface area contributed by atoms with Gasteiger partial charge in [0.25, 0.3) is 0 Å². The molecule has 0 amide bonds. The molecule has 20 heavy (non-hydrogen) atoms. The monoisotopic (exact) mass is 266 g/mol. The molecule has 0 atom stereocenters. The van der Waals surface area contributed by atoms with E-state index in [1.165, 1.54) is 0 Å². The molecule has 0 radical (unpaired) electrons. The predicted molar refractivity (Wildman–Crippen MR) is 76.9 cm³/mol. The third-order valence-corrected chi connectivity index (χ3v) is 3.57. The van der Waals surface area contributed by atoms with Gasteiger partial charge in [-0.25, -0.2) is 4.79 Å². The van der Waals surface area contributed by atoms with Gasteiger partial charge in [0, 0.05) is 0 Å². The first-order valence-corrected chi connectivity index (χ1v) is 6.51. The zero-order valence-corrected chi connectivity index (χ0v) is 10.8. The standard InChI is InChI=1S/C17H14O3/c18-14-5-1-4-12(9-14)15-6-2-3-11-7-8-13(17(19)20)10-16(11)15/h1,4-10,18H,2-3H2,(H,19,20). The van der Waals surface area contributed by atoms with Crippen LogP contribution in [-0.2, 0) is 6.42 Å². The quantitative estimate of drug-likeness (QED) is 0.875. The SMILES string of the molecule is O=C(O)c1ccc2c(c1)C(c1cccc(O)c1)=CCC2. The molecular formula is C17H14O3. The van der Waals surface area contributed by atoms with Crippen molar-refractivity contribution in [3.05, 3.63) is 70.8 Å². The number of aromatic carboxylic acids is 1. The normalized spacial score (nSPS) is 13.5. The maximum absolute atomic E-state index is 11.1. The van der Waals surface area contributed by atoms with E-state index < -0.39 is 5.97 Å². The van der Waals surface area contributed by atoms with E-state index in [9.17, 15) is 9.90 Å². The van der Waals surface area contributed by atoms with Crippen molar-refractivity contribution in [2.24, 2.45) is 0 Å². The lowest BCUT2D eigenvalue weighted by Crippen LogP contribution is -2.04. The van der Waals surface area contributed by atoms with E-state index in [1.54, 1.807) is 30.3 Å². The molecule has 0 spiro atoms. The lowest BCUT2D eigenvalue weighted by atomic mass is 9.86. The first kappa shape index (κ1) is 12.5. The number of rotatable bonds is 2. The summed E-state index contributed by atoms with van der Waals surface area (Å²) >= 11 is 0. The smallest absolute Gasteiger partial charge is 0.335 e. The van der Waals surface area contributed by atoms with E-state index >= 15 is 0 Å². The van der Waals surface area contributed by atoms with E-state index in [1.807, 2.05) is 12.1 Å². The number of hydrogen-bond acceptors (Lipinski definition) is 2. The first-order valence-electron chi connectivity index (χ1n) is 6.51. The molecular weight excluding hydrogens is 252 g/mol. The van der Waals surface area contributed by atoms with Gasteiger partial charge in [-0.05, 0) is 59.4 Å². The molecule has 1 aliphatic rings. The Morgan fingerprint density at radius 3 is 2.70 bits per heavy atom. The molecule has 0 saturated heterocycles. The van der Waals surface area contributed by atoms with Crippen LogP contribution in [0.3, 0.4) is 0 Å². The van der Waals surface area contributed by atoms with Gasteiger partial charge in [-0.15, -0.1) is 0 Å². The fourth-order valence-corrected chi connectivity index (χ4v) is 2.61. The van der Waals surface area contributed by atoms with Crippen molar-refractivity contribution in [2.75, 3.05) is 0 Å². The van der Waals surface area contributed by atoms with Crippen molar-refractivity contribution in [1.29, 1.82) is 0 Å². The molecule has 2 aromatic carbocycles. The number of aromatic hydroxyl groups is 1. The maximum atomic E-state index is 11.1. The van der Waals surface area contributed by atoms with E-state index in [-0.39, 0.29) is 11.3 Å². The Balaban J connectivity index is 2.14. The second kappa shape index (κ2) is 4.85. The Hall–Kier alpha value is -2.55. The molecule has 3 heteroatoms. The van der Waals surface area contributed by atoms with E-state index in [0.29, 0.717) is 0 Å². The van der Waals surface area contributed by atoms with Crippen LogP contribution < -0.4 is 0 Å². The van der Waals surface area contributed by atoms with Gasteiger partial charge in [0.05, 0.1) is 5.56 Å². The van der Waals surface area contributed by atoms with Gasteiger partial charge in [-0.3, -0.25) is 0 Å². The fourth-order valence-electron chi connectivity index (χ4n) is 2.61. The average molecular weight is 266 g/mol. The van der Waals surface area contributed by atoms with Gasteiger partial charge >= 0.3 is 5.97 Å². The summed E-state index contributed by atoms with van der Waals surface area (Å²) < 4.78 is 0. The highest BCUT2D eigenvalue weighted by Gasteiger charge is 2.16. The van der Waals surface area contributed by atoms with Crippen LogP contribution in [0.25, 0.3) is 5.57 Å². The summed E-state index contributed by atoms with van der Waals surface area (Å²) in [6.45, 7) is 0. The summed E-state index contributed by atoms with van der Waals surface area (Å²) in [5.41, 5.74) is 4.29. The molecule has 0 aliphatic heterocycles. The van der Waals surface area contributed by atoms with Crippen LogP contribution in [0.1, 0.15) is 33.5 Å². The highest BCUT2D eigenvalue weighted by atomic mass is 16.4. The van der Waals surface area contributed by atoms with Gasteiger partial charge in [0.2, 0.25) is 0 Å². The molecule has 1 aliphatic carbocycles. The number of fused-ring (bicyclic) bond motifs is 1. The number of benzene rings is 2. The molecule has 0 aromatic heterocycles. The number of aryl methyl sites for hydroxylation is 1. The Bertz CT molecular complexity index is 714. The summed E-state index contributed by atoms with van der Waals surface area (Å²) in [4.78, 5) is 11.1. The van der Waals surface area contributed by atoms with Crippen LogP contribution in [0.15, 0.2) is 48.5 Å². The fraction of sp³-hybridized carbons (Fsp3) is 0.118. The van der Waals surface area contributed by atoms with Crippen molar-refractivity contribution in [3.63, 3.8) is 0 Å². The van der Waals surface area contributed by atoms with E-state index in [4.69, 9.17) is 5.11 Å². The Morgan fingerprint density at radius 2 is 1.95 bits per heavy atom. The van der Waals surface area contributed by atoms with Gasteiger partial charge in [0.1, 0.15) is 5.75 Å². The Morgan fingerprint density at radius 1 is 1.10 bits per heavy atom. The molecule has 2 N–H and O–H groups in total. The van der Waals surface area contributed by atoms with Crippen LogP contribution in [-0.4, -0.2) is 16.2 Å². The Kier molecular flexibility index (Phi) is 3.03. The molecule has 0 unspecified atom stereocenters. The maximum Gasteiger partial charge on any atom is 0.335 e. The summed E-state index contributed by atoms with van der Waals surface area (Å²) in [6.07, 6.45) is 3.94. The zero-order valence-electron chi connectivity index (χ0n) is 10.8. The number of carboxylic acids is 1. The van der Waals surface area contributed by atoms with E-state index in [2.05, 4.69) is 6.08 Å². The molecule has 0 heterocycles. The average Bonchev–Trinajstić information content (AvgIpc) is 2.46. The lowest BCUT2D eigenvalue weighted by molar-refractivity contribution is 0.0697. The van der Waals surface area contributed by atoms with Crippen LogP contribution in [0.2, 0.25) is 0 Å². The van der Waals surface area contributed by atoms with Crippen LogP contribution in [0.5, 0.6) is 5.75 Å². The topological polar surface area (TPSA) is 57.5 Å². The third-order valence-electron chi connectivity index (χ3n) is 3.57. The molecule has 3 rings (SSSR count). The molecule has 0 fully saturated rings. The van der Waals surface area contributed by atoms with Crippen molar-refractivity contribution in [3.8, 4) is 5.75 Å². The van der Waals surface area contributed by atoms with Crippen molar-refractivity contribution >= 4 is 11.5 Å². The van der Waals surface area contributed by atoms with Crippen molar-refractivity contribution < 1.29 is 15.0 Å². The number of carboxylic acid groups (broad SMARTS) is 1. The molecule has 2 aromatic rings. The number of hydrogen-bond donors (Lipinski definition) is 2. The lowest BCUT2D eigenvalue weighted by Gasteiger charge is -2.19.